The molecule has 1 amide bonds. The lowest BCUT2D eigenvalue weighted by Crippen LogP contribution is -2.33. The summed E-state index contributed by atoms with van der Waals surface area (Å²) in [6, 6.07) is 15.7. The van der Waals surface area contributed by atoms with Crippen molar-refractivity contribution in [1.82, 2.24) is 0 Å². The summed E-state index contributed by atoms with van der Waals surface area (Å²) in [4.78, 5) is 35.9. The number of esters is 1. The molecule has 9 heteroatoms. The van der Waals surface area contributed by atoms with Crippen LogP contribution in [-0.2, 0) is 11.3 Å². The van der Waals surface area contributed by atoms with E-state index >= 15 is 0 Å². The van der Waals surface area contributed by atoms with E-state index in [0.717, 1.165) is 4.90 Å². The molecule has 3 aromatic rings. The van der Waals surface area contributed by atoms with Gasteiger partial charge in [0.25, 0.3) is 5.69 Å². The third-order valence-corrected chi connectivity index (χ3v) is 4.58. The number of anilines is 1. The Kier molecular flexibility index (Phi) is 6.79. The third kappa shape index (κ3) is 5.25. The van der Waals surface area contributed by atoms with Crippen LogP contribution in [0.5, 0.6) is 5.75 Å². The Morgan fingerprint density at radius 3 is 2.25 bits per heavy atom. The maximum absolute atomic E-state index is 14.7. The quantitative estimate of drug-likeness (QED) is 0.304. The molecule has 3 aromatic carbocycles. The molecule has 0 aliphatic heterocycles. The number of rotatable bonds is 6. The molecule has 0 saturated carbocycles. The van der Waals surface area contributed by atoms with Gasteiger partial charge in [-0.1, -0.05) is 18.2 Å². The van der Waals surface area contributed by atoms with Crippen molar-refractivity contribution in [3.63, 3.8) is 0 Å². The number of hydrogen-bond donors (Lipinski definition) is 0. The van der Waals surface area contributed by atoms with Gasteiger partial charge in [-0.15, -0.1) is 0 Å². The van der Waals surface area contributed by atoms with Crippen molar-refractivity contribution in [2.45, 2.75) is 13.5 Å². The average molecular weight is 438 g/mol. The van der Waals surface area contributed by atoms with E-state index in [2.05, 4.69) is 4.74 Å². The van der Waals surface area contributed by atoms with E-state index in [1.807, 2.05) is 0 Å². The molecule has 0 heterocycles. The number of methoxy groups -OCH3 is 1. The molecule has 0 bridgehead atoms. The smallest absolute Gasteiger partial charge is 0.420 e. The van der Waals surface area contributed by atoms with Gasteiger partial charge >= 0.3 is 12.1 Å². The maximum Gasteiger partial charge on any atom is 0.420 e. The average Bonchev–Trinajstić information content (AvgIpc) is 2.78. The zero-order valence-electron chi connectivity index (χ0n) is 17.3. The molecular formula is C23H19FN2O6. The predicted molar refractivity (Wildman–Crippen MR) is 114 cm³/mol. The van der Waals surface area contributed by atoms with Crippen molar-refractivity contribution in [3.8, 4) is 5.75 Å². The highest BCUT2D eigenvalue weighted by Crippen LogP contribution is 2.25. The standard InChI is InChI=1S/C23H19FN2O6/c1-15-3-12-21(20(24)13-15)25(14-16-4-6-17(7-5-16)22(27)31-2)23(28)32-19-10-8-18(9-11-19)26(29)30/h3-13H,14H2,1-2H3. The normalized spacial score (nSPS) is 10.3. The number of carbonyl (C=O) groups excluding carboxylic acids is 2. The van der Waals surface area contributed by atoms with E-state index in [-0.39, 0.29) is 23.7 Å². The van der Waals surface area contributed by atoms with Gasteiger partial charge in [-0.2, -0.15) is 0 Å². The highest BCUT2D eigenvalue weighted by atomic mass is 19.1. The van der Waals surface area contributed by atoms with Crippen LogP contribution < -0.4 is 9.64 Å². The zero-order chi connectivity index (χ0) is 23.3. The second-order valence-electron chi connectivity index (χ2n) is 6.85. The molecule has 0 N–H and O–H groups in total. The fourth-order valence-electron chi connectivity index (χ4n) is 2.92. The first-order chi connectivity index (χ1) is 15.3. The molecule has 8 nitrogen and oxygen atoms in total. The summed E-state index contributed by atoms with van der Waals surface area (Å²) in [6.07, 6.45) is -0.876. The summed E-state index contributed by atoms with van der Waals surface area (Å²) in [5, 5.41) is 10.8. The van der Waals surface area contributed by atoms with Gasteiger partial charge in [0.05, 0.1) is 29.8 Å². The highest BCUT2D eigenvalue weighted by Gasteiger charge is 2.22. The molecule has 0 radical (unpaired) electrons. The first-order valence-electron chi connectivity index (χ1n) is 9.45. The number of aryl methyl sites for hydroxylation is 1. The van der Waals surface area contributed by atoms with Crippen LogP contribution in [0.15, 0.2) is 66.7 Å². The van der Waals surface area contributed by atoms with E-state index in [1.165, 1.54) is 55.6 Å². The Balaban J connectivity index is 1.88. The number of hydrogen-bond acceptors (Lipinski definition) is 6. The first kappa shape index (κ1) is 22.4. The number of ether oxygens (including phenoxy) is 2. The van der Waals surface area contributed by atoms with E-state index in [1.54, 1.807) is 25.1 Å². The maximum atomic E-state index is 14.7. The summed E-state index contributed by atoms with van der Waals surface area (Å²) < 4.78 is 24.7. The Bertz CT molecular complexity index is 1150. The predicted octanol–water partition coefficient (Wildman–Crippen LogP) is 5.03. The molecule has 0 aromatic heterocycles. The van der Waals surface area contributed by atoms with Crippen LogP contribution >= 0.6 is 0 Å². The van der Waals surface area contributed by atoms with Crippen molar-refractivity contribution in [3.05, 3.63) is 99.4 Å². The minimum atomic E-state index is -0.876. The number of benzene rings is 3. The topological polar surface area (TPSA) is 99.0 Å². The summed E-state index contributed by atoms with van der Waals surface area (Å²) in [7, 11) is 1.27. The van der Waals surface area contributed by atoms with Crippen LogP contribution in [0.3, 0.4) is 0 Å². The Labute approximate surface area is 182 Å². The summed E-state index contributed by atoms with van der Waals surface area (Å²) in [5.74, 6) is -1.05. The van der Waals surface area contributed by atoms with Crippen molar-refractivity contribution in [2.24, 2.45) is 0 Å². The van der Waals surface area contributed by atoms with Crippen LogP contribution in [0, 0.1) is 22.9 Å². The number of amides is 1. The summed E-state index contributed by atoms with van der Waals surface area (Å²) >= 11 is 0. The fraction of sp³-hybridized carbons (Fsp3) is 0.130. The zero-order valence-corrected chi connectivity index (χ0v) is 17.3. The Hall–Kier alpha value is -4.27. The third-order valence-electron chi connectivity index (χ3n) is 4.58. The molecule has 3 rings (SSSR count). The highest BCUT2D eigenvalue weighted by molar-refractivity contribution is 5.90. The molecule has 0 unspecified atom stereocenters. The lowest BCUT2D eigenvalue weighted by molar-refractivity contribution is -0.384. The number of non-ortho nitro benzene ring substituents is 1. The summed E-state index contributed by atoms with van der Waals surface area (Å²) in [5.41, 5.74) is 1.46. The van der Waals surface area contributed by atoms with Gasteiger partial charge in [-0.3, -0.25) is 15.0 Å². The van der Waals surface area contributed by atoms with Crippen LogP contribution in [0.2, 0.25) is 0 Å². The number of nitrogens with zero attached hydrogens (tertiary/aromatic N) is 2. The van der Waals surface area contributed by atoms with E-state index < -0.39 is 22.8 Å². The van der Waals surface area contributed by atoms with Crippen LogP contribution in [0.1, 0.15) is 21.5 Å². The van der Waals surface area contributed by atoms with Gasteiger partial charge in [0, 0.05) is 12.1 Å². The first-order valence-corrected chi connectivity index (χ1v) is 9.45. The molecule has 32 heavy (non-hydrogen) atoms. The molecule has 0 fully saturated rings. The van der Waals surface area contributed by atoms with E-state index in [9.17, 15) is 24.1 Å². The minimum absolute atomic E-state index is 0.000411. The van der Waals surface area contributed by atoms with E-state index in [4.69, 9.17) is 4.74 Å². The van der Waals surface area contributed by atoms with Gasteiger partial charge in [0.2, 0.25) is 0 Å². The van der Waals surface area contributed by atoms with Gasteiger partial charge in [-0.25, -0.2) is 14.0 Å². The molecule has 0 spiro atoms. The minimum Gasteiger partial charge on any atom is -0.465 e. The molecule has 0 atom stereocenters. The number of carbonyl (C=O) groups is 2. The molecule has 164 valence electrons. The molecular weight excluding hydrogens is 419 g/mol. The van der Waals surface area contributed by atoms with Crippen LogP contribution in [-0.4, -0.2) is 24.1 Å². The summed E-state index contributed by atoms with van der Waals surface area (Å²) in [6.45, 7) is 1.67. The largest absolute Gasteiger partial charge is 0.465 e. The second kappa shape index (κ2) is 9.69. The van der Waals surface area contributed by atoms with Crippen molar-refractivity contribution in [1.29, 1.82) is 0 Å². The van der Waals surface area contributed by atoms with Crippen LogP contribution in [0.25, 0.3) is 0 Å². The molecule has 0 aliphatic carbocycles. The Morgan fingerprint density at radius 2 is 1.69 bits per heavy atom. The lowest BCUT2D eigenvalue weighted by Gasteiger charge is -2.23. The lowest BCUT2D eigenvalue weighted by atomic mass is 10.1. The Morgan fingerprint density at radius 1 is 1.03 bits per heavy atom. The van der Waals surface area contributed by atoms with Gasteiger partial charge < -0.3 is 9.47 Å². The molecule has 0 saturated heterocycles. The number of nitro groups is 1. The van der Waals surface area contributed by atoms with Crippen molar-refractivity contribution in [2.75, 3.05) is 12.0 Å². The van der Waals surface area contributed by atoms with E-state index in [0.29, 0.717) is 16.7 Å². The van der Waals surface area contributed by atoms with Crippen molar-refractivity contribution >= 4 is 23.4 Å². The monoisotopic (exact) mass is 438 g/mol. The van der Waals surface area contributed by atoms with Crippen LogP contribution in [0.4, 0.5) is 20.6 Å². The fourth-order valence-corrected chi connectivity index (χ4v) is 2.92. The van der Waals surface area contributed by atoms with Crippen molar-refractivity contribution < 1.29 is 28.4 Å². The number of halogens is 1. The second-order valence-corrected chi connectivity index (χ2v) is 6.85. The SMILES string of the molecule is COC(=O)c1ccc(CN(C(=O)Oc2ccc([N+](=O)[O-])cc2)c2ccc(C)cc2F)cc1. The van der Waals surface area contributed by atoms with Gasteiger partial charge in [0.15, 0.2) is 0 Å². The van der Waals surface area contributed by atoms with Gasteiger partial charge in [-0.05, 0) is 54.4 Å². The number of nitro benzene ring substituents is 1. The molecule has 0 aliphatic rings. The van der Waals surface area contributed by atoms with Gasteiger partial charge in [0.1, 0.15) is 11.6 Å².